The van der Waals surface area contributed by atoms with Crippen LogP contribution in [-0.2, 0) is 14.8 Å². The summed E-state index contributed by atoms with van der Waals surface area (Å²) in [6.45, 7) is 6.05. The number of thiocarbonyl (C=S) groups is 1. The summed E-state index contributed by atoms with van der Waals surface area (Å²) in [7, 11) is -3.64. The molecule has 0 unspecified atom stereocenters. The molecule has 2 aliphatic heterocycles. The predicted octanol–water partition coefficient (Wildman–Crippen LogP) is 7.52. The van der Waals surface area contributed by atoms with E-state index in [1.807, 2.05) is 48.7 Å². The first kappa shape index (κ1) is 31.6. The first-order valence-corrected chi connectivity index (χ1v) is 18.0. The number of sulfonamides is 1. The van der Waals surface area contributed by atoms with E-state index in [4.69, 9.17) is 17.3 Å². The first-order valence-electron chi connectivity index (χ1n) is 15.3. The molecule has 2 saturated heterocycles. The second-order valence-electron chi connectivity index (χ2n) is 11.4. The van der Waals surface area contributed by atoms with Crippen molar-refractivity contribution in [1.29, 1.82) is 0 Å². The molecule has 3 heterocycles. The van der Waals surface area contributed by atoms with E-state index in [2.05, 4.69) is 13.8 Å². The number of aromatic nitrogens is 2. The normalized spacial score (nSPS) is 17.8. The molecule has 228 valence electrons. The third-order valence-electron chi connectivity index (χ3n) is 8.15. The Balaban J connectivity index is 1.44. The molecule has 10 heteroatoms. The molecule has 5 rings (SSSR count). The van der Waals surface area contributed by atoms with Crippen LogP contribution in [0.2, 0.25) is 0 Å². The number of piperidine rings is 1. The molecule has 43 heavy (non-hydrogen) atoms. The van der Waals surface area contributed by atoms with Gasteiger partial charge in [-0.05, 0) is 55.5 Å². The van der Waals surface area contributed by atoms with Crippen molar-refractivity contribution in [3.05, 3.63) is 71.3 Å². The average Bonchev–Trinajstić information content (AvgIpc) is 3.55. The number of hydrogen-bond acceptors (Lipinski definition) is 6. The Kier molecular flexibility index (Phi) is 10.5. The number of thioether (sulfide) groups is 1. The topological polar surface area (TPSA) is 75.5 Å². The smallest absolute Gasteiger partial charge is 0.266 e. The minimum absolute atomic E-state index is 0.0855. The number of hydrogen-bond donors (Lipinski definition) is 0. The van der Waals surface area contributed by atoms with Gasteiger partial charge in [0.2, 0.25) is 10.0 Å². The lowest BCUT2D eigenvalue weighted by molar-refractivity contribution is -0.122. The standard InChI is InChI=1S/C33H40N4O3S3/c1-3-4-5-6-7-11-19-36-32(38)30(42-33(36)41)23-27-24-37(28-14-9-8-10-15-28)34-31(27)26-13-12-16-29(22-26)43(39,40)35-20-17-25(2)18-21-35/h8-10,12-16,22-25H,3-7,11,17-21H2,1-2H3/b30-23-. The van der Waals surface area contributed by atoms with E-state index in [0.717, 1.165) is 36.9 Å². The maximum absolute atomic E-state index is 13.6. The van der Waals surface area contributed by atoms with Crippen molar-refractivity contribution in [3.63, 3.8) is 0 Å². The van der Waals surface area contributed by atoms with E-state index in [0.29, 0.717) is 46.0 Å². The number of para-hydroxylation sites is 1. The summed E-state index contributed by atoms with van der Waals surface area (Å²) in [6.07, 6.45) is 12.3. The molecule has 7 nitrogen and oxygen atoms in total. The monoisotopic (exact) mass is 636 g/mol. The van der Waals surface area contributed by atoms with Gasteiger partial charge in [-0.25, -0.2) is 13.1 Å². The van der Waals surface area contributed by atoms with E-state index >= 15 is 0 Å². The van der Waals surface area contributed by atoms with Crippen LogP contribution in [0.3, 0.4) is 0 Å². The van der Waals surface area contributed by atoms with Crippen LogP contribution in [0, 0.1) is 5.92 Å². The van der Waals surface area contributed by atoms with Crippen molar-refractivity contribution in [2.24, 2.45) is 5.92 Å². The van der Waals surface area contributed by atoms with E-state index in [9.17, 15) is 13.2 Å². The van der Waals surface area contributed by atoms with Crippen molar-refractivity contribution >= 4 is 50.3 Å². The van der Waals surface area contributed by atoms with Gasteiger partial charge in [-0.1, -0.05) is 100 Å². The minimum atomic E-state index is -3.64. The number of benzene rings is 2. The molecule has 0 N–H and O–H groups in total. The largest absolute Gasteiger partial charge is 0.293 e. The summed E-state index contributed by atoms with van der Waals surface area (Å²) in [5.74, 6) is 0.443. The summed E-state index contributed by atoms with van der Waals surface area (Å²) in [5.41, 5.74) is 2.87. The van der Waals surface area contributed by atoms with Crippen LogP contribution in [0.15, 0.2) is 70.6 Å². The third kappa shape index (κ3) is 7.48. The number of rotatable bonds is 12. The van der Waals surface area contributed by atoms with Crippen molar-refractivity contribution in [2.75, 3.05) is 19.6 Å². The lowest BCUT2D eigenvalue weighted by Crippen LogP contribution is -2.37. The number of nitrogens with zero attached hydrogens (tertiary/aromatic N) is 4. The molecule has 0 atom stereocenters. The Morgan fingerprint density at radius 1 is 1.00 bits per heavy atom. The highest BCUT2D eigenvalue weighted by Crippen LogP contribution is 2.36. The zero-order valence-electron chi connectivity index (χ0n) is 24.9. The zero-order chi connectivity index (χ0) is 30.4. The van der Waals surface area contributed by atoms with Gasteiger partial charge < -0.3 is 0 Å². The van der Waals surface area contributed by atoms with Crippen molar-refractivity contribution in [2.45, 2.75) is 70.1 Å². The number of unbranched alkanes of at least 4 members (excludes halogenated alkanes) is 5. The molecule has 1 amide bonds. The SMILES string of the molecule is CCCCCCCCN1C(=O)/C(=C/c2cn(-c3ccccc3)nc2-c2cccc(S(=O)(=O)N3CCC(C)CC3)c2)SC1=S. The first-order chi connectivity index (χ1) is 20.8. The van der Waals surface area contributed by atoms with Gasteiger partial charge in [0.25, 0.3) is 5.91 Å². The Morgan fingerprint density at radius 3 is 2.47 bits per heavy atom. The highest BCUT2D eigenvalue weighted by Gasteiger charge is 2.32. The third-order valence-corrected chi connectivity index (χ3v) is 11.4. The van der Waals surface area contributed by atoms with Gasteiger partial charge >= 0.3 is 0 Å². The fourth-order valence-corrected chi connectivity index (χ4v) is 8.31. The van der Waals surface area contributed by atoms with Crippen LogP contribution in [0.4, 0.5) is 0 Å². The molecular weight excluding hydrogens is 597 g/mol. The average molecular weight is 637 g/mol. The van der Waals surface area contributed by atoms with E-state index in [1.54, 1.807) is 32.1 Å². The van der Waals surface area contributed by atoms with Gasteiger partial charge in [-0.15, -0.1) is 0 Å². The number of carbonyl (C=O) groups is 1. The number of carbonyl (C=O) groups excluding carboxylic acids is 1. The summed E-state index contributed by atoms with van der Waals surface area (Å²) in [6, 6.07) is 16.7. The molecule has 0 radical (unpaired) electrons. The Morgan fingerprint density at radius 2 is 1.72 bits per heavy atom. The van der Waals surface area contributed by atoms with Gasteiger partial charge in [-0.3, -0.25) is 9.69 Å². The van der Waals surface area contributed by atoms with Crippen LogP contribution in [0.25, 0.3) is 23.0 Å². The summed E-state index contributed by atoms with van der Waals surface area (Å²) in [5, 5.41) is 4.88. The predicted molar refractivity (Wildman–Crippen MR) is 179 cm³/mol. The molecule has 0 bridgehead atoms. The molecule has 0 saturated carbocycles. The van der Waals surface area contributed by atoms with Crippen LogP contribution in [-0.4, -0.2) is 57.3 Å². The highest BCUT2D eigenvalue weighted by molar-refractivity contribution is 8.26. The van der Waals surface area contributed by atoms with Crippen LogP contribution < -0.4 is 0 Å². The van der Waals surface area contributed by atoms with Gasteiger partial charge in [0.15, 0.2) is 0 Å². The van der Waals surface area contributed by atoms with Crippen molar-refractivity contribution in [3.8, 4) is 16.9 Å². The Bertz CT molecular complexity index is 1580. The summed E-state index contributed by atoms with van der Waals surface area (Å²) >= 11 is 6.91. The molecule has 2 aliphatic rings. The van der Waals surface area contributed by atoms with Crippen LogP contribution in [0.5, 0.6) is 0 Å². The lowest BCUT2D eigenvalue weighted by atomic mass is 10.0. The zero-order valence-corrected chi connectivity index (χ0v) is 27.4. The highest BCUT2D eigenvalue weighted by atomic mass is 32.2. The Labute approximate surface area is 265 Å². The molecule has 2 fully saturated rings. The van der Waals surface area contributed by atoms with Gasteiger partial charge in [0.1, 0.15) is 10.0 Å². The van der Waals surface area contributed by atoms with Gasteiger partial charge in [0.05, 0.1) is 15.5 Å². The van der Waals surface area contributed by atoms with E-state index < -0.39 is 10.0 Å². The maximum atomic E-state index is 13.6. The molecule has 3 aromatic rings. The van der Waals surface area contributed by atoms with E-state index in [1.165, 1.54) is 37.4 Å². The summed E-state index contributed by atoms with van der Waals surface area (Å²) < 4.78 is 31.1. The molecule has 0 aliphatic carbocycles. The minimum Gasteiger partial charge on any atom is -0.293 e. The second-order valence-corrected chi connectivity index (χ2v) is 15.0. The quantitative estimate of drug-likeness (QED) is 0.116. The van der Waals surface area contributed by atoms with Crippen LogP contribution in [0.1, 0.15) is 70.8 Å². The summed E-state index contributed by atoms with van der Waals surface area (Å²) in [4.78, 5) is 15.9. The molecular formula is C33H40N4O3S3. The van der Waals surface area contributed by atoms with E-state index in [-0.39, 0.29) is 10.8 Å². The molecule has 0 spiro atoms. The van der Waals surface area contributed by atoms with Crippen molar-refractivity contribution in [1.82, 2.24) is 19.0 Å². The number of amides is 1. The Hall–Kier alpha value is -2.79. The fraction of sp³-hybridized carbons (Fsp3) is 0.424. The molecule has 2 aromatic carbocycles. The fourth-order valence-electron chi connectivity index (χ4n) is 5.49. The van der Waals surface area contributed by atoms with Gasteiger partial charge in [-0.2, -0.15) is 9.40 Å². The van der Waals surface area contributed by atoms with Crippen LogP contribution >= 0.6 is 24.0 Å². The van der Waals surface area contributed by atoms with Gasteiger partial charge in [0, 0.05) is 37.0 Å². The molecule has 1 aromatic heterocycles. The second kappa shape index (κ2) is 14.3. The van der Waals surface area contributed by atoms with Crippen molar-refractivity contribution < 1.29 is 13.2 Å². The lowest BCUT2D eigenvalue weighted by Gasteiger charge is -2.29. The maximum Gasteiger partial charge on any atom is 0.266 e.